The van der Waals surface area contributed by atoms with Gasteiger partial charge in [0.15, 0.2) is 0 Å². The lowest BCUT2D eigenvalue weighted by Crippen LogP contribution is -2.38. The molecule has 0 spiro atoms. The fraction of sp³-hybridized carbons (Fsp3) is 0.350. The summed E-state index contributed by atoms with van der Waals surface area (Å²) < 4.78 is 0. The first kappa shape index (κ1) is 20.2. The maximum Gasteiger partial charge on any atom is 0.253 e. The van der Waals surface area contributed by atoms with E-state index in [1.54, 1.807) is 0 Å². The quantitative estimate of drug-likeness (QED) is 0.860. The summed E-state index contributed by atoms with van der Waals surface area (Å²) in [5, 5.41) is 0. The average Bonchev–Trinajstić information content (AvgIpc) is 2.60. The maximum atomic E-state index is 12.7. The number of carbonyl (C=O) groups excluding carboxylic acids is 1. The Morgan fingerprint density at radius 2 is 1.58 bits per heavy atom. The first-order chi connectivity index (χ1) is 11.0. The summed E-state index contributed by atoms with van der Waals surface area (Å²) in [5.41, 5.74) is 9.88. The van der Waals surface area contributed by atoms with Crippen LogP contribution >= 0.6 is 12.4 Å². The van der Waals surface area contributed by atoms with Crippen molar-refractivity contribution in [2.75, 3.05) is 7.05 Å². The number of carbonyl (C=O) groups is 1. The first-order valence-electron chi connectivity index (χ1n) is 8.16. The van der Waals surface area contributed by atoms with Gasteiger partial charge in [-0.15, -0.1) is 12.4 Å². The van der Waals surface area contributed by atoms with Gasteiger partial charge in [-0.2, -0.15) is 0 Å². The summed E-state index contributed by atoms with van der Waals surface area (Å²) in [6, 6.07) is 16.3. The Morgan fingerprint density at radius 3 is 2.08 bits per heavy atom. The van der Waals surface area contributed by atoms with Crippen LogP contribution in [0.1, 0.15) is 40.4 Å². The molecule has 0 saturated heterocycles. The molecule has 2 rings (SSSR count). The molecule has 1 atom stereocenters. The first-order valence-corrected chi connectivity index (χ1v) is 8.16. The maximum absolute atomic E-state index is 12.7. The minimum absolute atomic E-state index is 0. The molecule has 1 unspecified atom stereocenters. The van der Waals surface area contributed by atoms with Gasteiger partial charge in [0, 0.05) is 25.2 Å². The Labute approximate surface area is 151 Å². The highest BCUT2D eigenvalue weighted by molar-refractivity contribution is 5.94. The molecule has 0 saturated carbocycles. The number of hydrogen-bond donors (Lipinski definition) is 1. The smallest absolute Gasteiger partial charge is 0.253 e. The number of halogens is 1. The standard InChI is InChI=1S/C20H26N2O.ClH/c1-4-19(13-16-7-5-15(2)6-8-16)22(3)20(23)18-11-9-17(14-21)10-12-18;/h5-12,19H,4,13-14,21H2,1-3H3;1H. The molecule has 4 heteroatoms. The van der Waals surface area contributed by atoms with E-state index >= 15 is 0 Å². The summed E-state index contributed by atoms with van der Waals surface area (Å²) in [6.07, 6.45) is 1.80. The van der Waals surface area contributed by atoms with Crippen molar-refractivity contribution in [1.82, 2.24) is 4.90 Å². The highest BCUT2D eigenvalue weighted by Gasteiger charge is 2.20. The van der Waals surface area contributed by atoms with Crippen LogP contribution in [-0.4, -0.2) is 23.9 Å². The van der Waals surface area contributed by atoms with Crippen molar-refractivity contribution in [3.63, 3.8) is 0 Å². The summed E-state index contributed by atoms with van der Waals surface area (Å²) >= 11 is 0. The minimum Gasteiger partial charge on any atom is -0.338 e. The summed E-state index contributed by atoms with van der Waals surface area (Å²) in [4.78, 5) is 14.5. The Bertz CT molecular complexity index is 638. The van der Waals surface area contributed by atoms with Crippen molar-refractivity contribution in [1.29, 1.82) is 0 Å². The van der Waals surface area contributed by atoms with Crippen LogP contribution < -0.4 is 5.73 Å². The van der Waals surface area contributed by atoms with Gasteiger partial charge in [0.1, 0.15) is 0 Å². The molecule has 2 N–H and O–H groups in total. The van der Waals surface area contributed by atoms with E-state index in [9.17, 15) is 4.79 Å². The van der Waals surface area contributed by atoms with Crippen LogP contribution in [0.5, 0.6) is 0 Å². The van der Waals surface area contributed by atoms with E-state index in [4.69, 9.17) is 5.73 Å². The Hall–Kier alpha value is -1.84. The number of likely N-dealkylation sites (N-methyl/N-ethyl adjacent to an activating group) is 1. The van der Waals surface area contributed by atoms with Crippen molar-refractivity contribution < 1.29 is 4.79 Å². The highest BCUT2D eigenvalue weighted by atomic mass is 35.5. The number of hydrogen-bond acceptors (Lipinski definition) is 2. The second-order valence-electron chi connectivity index (χ2n) is 6.07. The van der Waals surface area contributed by atoms with Gasteiger partial charge >= 0.3 is 0 Å². The van der Waals surface area contributed by atoms with Crippen LogP contribution in [0, 0.1) is 6.92 Å². The van der Waals surface area contributed by atoms with Gasteiger partial charge < -0.3 is 10.6 Å². The van der Waals surface area contributed by atoms with Gasteiger partial charge in [0.2, 0.25) is 0 Å². The summed E-state index contributed by atoms with van der Waals surface area (Å²) in [5.74, 6) is 0.0625. The SMILES string of the molecule is CCC(Cc1ccc(C)cc1)N(C)C(=O)c1ccc(CN)cc1.Cl. The van der Waals surface area contributed by atoms with E-state index in [1.807, 2.05) is 36.2 Å². The molecule has 2 aromatic rings. The molecule has 0 bridgehead atoms. The molecule has 0 aliphatic heterocycles. The molecule has 0 aliphatic rings. The van der Waals surface area contributed by atoms with Gasteiger partial charge in [-0.25, -0.2) is 0 Å². The third-order valence-corrected chi connectivity index (χ3v) is 4.37. The van der Waals surface area contributed by atoms with Gasteiger partial charge in [0.25, 0.3) is 5.91 Å². The van der Waals surface area contributed by atoms with Crippen LogP contribution in [0.4, 0.5) is 0 Å². The molecule has 0 aliphatic carbocycles. The highest BCUT2D eigenvalue weighted by Crippen LogP contribution is 2.15. The molecule has 0 heterocycles. The van der Waals surface area contributed by atoms with Crippen LogP contribution in [0.15, 0.2) is 48.5 Å². The summed E-state index contributed by atoms with van der Waals surface area (Å²) in [7, 11) is 1.89. The van der Waals surface area contributed by atoms with Crippen molar-refractivity contribution >= 4 is 18.3 Å². The summed E-state index contributed by atoms with van der Waals surface area (Å²) in [6.45, 7) is 4.71. The monoisotopic (exact) mass is 346 g/mol. The lowest BCUT2D eigenvalue weighted by molar-refractivity contribution is 0.0727. The van der Waals surface area contributed by atoms with Gasteiger partial charge in [0.05, 0.1) is 0 Å². The second kappa shape index (κ2) is 9.45. The van der Waals surface area contributed by atoms with Crippen LogP contribution in [0.3, 0.4) is 0 Å². The molecule has 0 fully saturated rings. The van der Waals surface area contributed by atoms with Crippen LogP contribution in [0.25, 0.3) is 0 Å². The zero-order valence-corrected chi connectivity index (χ0v) is 15.5. The van der Waals surface area contributed by atoms with E-state index in [0.29, 0.717) is 12.1 Å². The van der Waals surface area contributed by atoms with Gasteiger partial charge in [-0.3, -0.25) is 4.79 Å². The van der Waals surface area contributed by atoms with Crippen molar-refractivity contribution in [3.05, 3.63) is 70.8 Å². The number of rotatable bonds is 6. The van der Waals surface area contributed by atoms with E-state index in [-0.39, 0.29) is 24.4 Å². The normalized spacial score (nSPS) is 11.5. The molecule has 130 valence electrons. The van der Waals surface area contributed by atoms with E-state index in [2.05, 4.69) is 38.1 Å². The fourth-order valence-corrected chi connectivity index (χ4v) is 2.70. The Kier molecular flexibility index (Phi) is 7.96. The topological polar surface area (TPSA) is 46.3 Å². The molecule has 24 heavy (non-hydrogen) atoms. The van der Waals surface area contributed by atoms with Crippen LogP contribution in [0.2, 0.25) is 0 Å². The average molecular weight is 347 g/mol. The predicted molar refractivity (Wildman–Crippen MR) is 103 cm³/mol. The number of nitrogens with zero attached hydrogens (tertiary/aromatic N) is 1. The second-order valence-corrected chi connectivity index (χ2v) is 6.07. The third kappa shape index (κ3) is 5.08. The van der Waals surface area contributed by atoms with Crippen molar-refractivity contribution in [2.45, 2.75) is 39.3 Å². The van der Waals surface area contributed by atoms with E-state index < -0.39 is 0 Å². The lowest BCUT2D eigenvalue weighted by atomic mass is 10.0. The Morgan fingerprint density at radius 1 is 1.04 bits per heavy atom. The van der Waals surface area contributed by atoms with Crippen LogP contribution in [-0.2, 0) is 13.0 Å². The molecule has 0 radical (unpaired) electrons. The largest absolute Gasteiger partial charge is 0.338 e. The zero-order chi connectivity index (χ0) is 16.8. The molecule has 1 amide bonds. The molecule has 3 nitrogen and oxygen atoms in total. The molecule has 2 aromatic carbocycles. The van der Waals surface area contributed by atoms with Gasteiger partial charge in [-0.05, 0) is 43.0 Å². The van der Waals surface area contributed by atoms with Crippen molar-refractivity contribution in [2.24, 2.45) is 5.73 Å². The minimum atomic E-state index is 0. The number of amides is 1. The number of benzene rings is 2. The van der Waals surface area contributed by atoms with E-state index in [0.717, 1.165) is 18.4 Å². The van der Waals surface area contributed by atoms with Crippen molar-refractivity contribution in [3.8, 4) is 0 Å². The lowest BCUT2D eigenvalue weighted by Gasteiger charge is -2.27. The number of aryl methyl sites for hydroxylation is 1. The third-order valence-electron chi connectivity index (χ3n) is 4.37. The van der Waals surface area contributed by atoms with E-state index in [1.165, 1.54) is 11.1 Å². The zero-order valence-electron chi connectivity index (χ0n) is 14.7. The van der Waals surface area contributed by atoms with Gasteiger partial charge in [-0.1, -0.05) is 48.9 Å². The molecule has 0 aromatic heterocycles. The molecular weight excluding hydrogens is 320 g/mol. The Balaban J connectivity index is 0.00000288. The number of nitrogens with two attached hydrogens (primary N) is 1. The fourth-order valence-electron chi connectivity index (χ4n) is 2.70. The molecular formula is C20H27ClN2O. The predicted octanol–water partition coefficient (Wildman–Crippen LogP) is 3.97.